The minimum absolute atomic E-state index is 0.120. The van der Waals surface area contributed by atoms with E-state index >= 15 is 0 Å². The number of hydrogen-bond acceptors (Lipinski definition) is 6. The molecule has 2 aliphatic heterocycles. The average molecular weight is 442 g/mol. The molecule has 1 fully saturated rings. The molecule has 1 aromatic rings. The molecule has 0 radical (unpaired) electrons. The fourth-order valence-electron chi connectivity index (χ4n) is 3.15. The number of hydrogen-bond donors (Lipinski definition) is 1. The molecule has 1 aromatic carbocycles. The number of thioether (sulfide) groups is 1. The largest absolute Gasteiger partial charge is 0.379 e. The van der Waals surface area contributed by atoms with Gasteiger partial charge in [0.15, 0.2) is 0 Å². The number of amides is 2. The van der Waals surface area contributed by atoms with Crippen molar-refractivity contribution < 1.29 is 22.7 Å². The Morgan fingerprint density at radius 2 is 2.00 bits per heavy atom. The van der Waals surface area contributed by atoms with Crippen LogP contribution in [0.15, 0.2) is 28.0 Å². The molecule has 3 rings (SSSR count). The van der Waals surface area contributed by atoms with Gasteiger partial charge < -0.3 is 15.0 Å². The van der Waals surface area contributed by atoms with E-state index < -0.39 is 10.0 Å². The van der Waals surface area contributed by atoms with Crippen molar-refractivity contribution >= 4 is 39.3 Å². The number of carbonyl (C=O) groups is 2. The van der Waals surface area contributed by atoms with Gasteiger partial charge in [-0.05, 0) is 30.5 Å². The third-order valence-corrected chi connectivity index (χ3v) is 7.77. The minimum Gasteiger partial charge on any atom is -0.379 e. The van der Waals surface area contributed by atoms with Crippen LogP contribution < -0.4 is 10.2 Å². The zero-order valence-electron chi connectivity index (χ0n) is 16.7. The average Bonchev–Trinajstić information content (AvgIpc) is 2.70. The molecule has 29 heavy (non-hydrogen) atoms. The highest BCUT2D eigenvalue weighted by Gasteiger charge is 2.31. The maximum absolute atomic E-state index is 13.0. The molecular weight excluding hydrogens is 414 g/mol. The smallest absolute Gasteiger partial charge is 0.243 e. The fraction of sp³-hybridized carbons (Fsp3) is 0.579. The maximum Gasteiger partial charge on any atom is 0.243 e. The van der Waals surface area contributed by atoms with E-state index in [0.717, 1.165) is 11.3 Å². The molecule has 2 heterocycles. The van der Waals surface area contributed by atoms with Crippen LogP contribution in [-0.2, 0) is 24.3 Å². The lowest BCUT2D eigenvalue weighted by Crippen LogP contribution is -2.44. The SMILES string of the molecule is CC(C)CCNC(=O)CN1C(=O)CSc2ccc(S(=O)(=O)N3CCOCC3)cc21. The van der Waals surface area contributed by atoms with Crippen molar-refractivity contribution in [3.63, 3.8) is 0 Å². The van der Waals surface area contributed by atoms with Crippen LogP contribution in [0.2, 0.25) is 0 Å². The van der Waals surface area contributed by atoms with Crippen LogP contribution >= 0.6 is 11.8 Å². The topological polar surface area (TPSA) is 96.0 Å². The molecule has 2 amide bonds. The molecule has 8 nitrogen and oxygen atoms in total. The summed E-state index contributed by atoms with van der Waals surface area (Å²) in [5.74, 6) is 0.236. The molecule has 0 unspecified atom stereocenters. The predicted octanol–water partition coefficient (Wildman–Crippen LogP) is 1.31. The lowest BCUT2D eigenvalue weighted by Gasteiger charge is -2.30. The van der Waals surface area contributed by atoms with Gasteiger partial charge in [0.2, 0.25) is 21.8 Å². The zero-order chi connectivity index (χ0) is 21.0. The number of carbonyl (C=O) groups excluding carboxylic acids is 2. The number of nitrogens with one attached hydrogen (secondary N) is 1. The Bertz CT molecular complexity index is 867. The number of sulfonamides is 1. The van der Waals surface area contributed by atoms with Crippen LogP contribution in [-0.4, -0.2) is 69.7 Å². The van der Waals surface area contributed by atoms with E-state index in [9.17, 15) is 18.0 Å². The molecule has 160 valence electrons. The van der Waals surface area contributed by atoms with Gasteiger partial charge >= 0.3 is 0 Å². The summed E-state index contributed by atoms with van der Waals surface area (Å²) >= 11 is 1.35. The van der Waals surface area contributed by atoms with Gasteiger partial charge in [0.05, 0.1) is 29.5 Å². The monoisotopic (exact) mass is 441 g/mol. The van der Waals surface area contributed by atoms with E-state index in [4.69, 9.17) is 4.74 Å². The van der Waals surface area contributed by atoms with Crippen LogP contribution in [0.3, 0.4) is 0 Å². The Kier molecular flexibility index (Phi) is 7.20. The number of anilines is 1. The summed E-state index contributed by atoms with van der Waals surface area (Å²) in [6.45, 7) is 5.90. The minimum atomic E-state index is -3.68. The van der Waals surface area contributed by atoms with Crippen LogP contribution in [0.1, 0.15) is 20.3 Å². The first-order chi connectivity index (χ1) is 13.8. The molecule has 2 aliphatic rings. The highest BCUT2D eigenvalue weighted by atomic mass is 32.2. The first kappa shape index (κ1) is 22.1. The fourth-order valence-corrected chi connectivity index (χ4v) is 5.50. The number of ether oxygens (including phenoxy) is 1. The summed E-state index contributed by atoms with van der Waals surface area (Å²) in [5.41, 5.74) is 0.472. The number of nitrogens with zero attached hydrogens (tertiary/aromatic N) is 2. The lowest BCUT2D eigenvalue weighted by molar-refractivity contribution is -0.123. The zero-order valence-corrected chi connectivity index (χ0v) is 18.4. The summed E-state index contributed by atoms with van der Waals surface area (Å²) < 4.78 is 32.6. The van der Waals surface area contributed by atoms with Gasteiger partial charge in [-0.25, -0.2) is 8.42 Å². The molecule has 10 heteroatoms. The molecule has 0 saturated carbocycles. The van der Waals surface area contributed by atoms with E-state index in [2.05, 4.69) is 19.2 Å². The van der Waals surface area contributed by atoms with Crippen LogP contribution in [0, 0.1) is 5.92 Å². The predicted molar refractivity (Wildman–Crippen MR) is 112 cm³/mol. The van der Waals surface area contributed by atoms with Gasteiger partial charge in [0.1, 0.15) is 6.54 Å². The van der Waals surface area contributed by atoms with Crippen LogP contribution in [0.25, 0.3) is 0 Å². The molecule has 1 N–H and O–H groups in total. The Labute approximate surface area is 176 Å². The van der Waals surface area contributed by atoms with Crippen molar-refractivity contribution in [2.24, 2.45) is 5.92 Å². The number of morpholine rings is 1. The first-order valence-corrected chi connectivity index (χ1v) is 12.1. The number of rotatable bonds is 7. The van der Waals surface area contributed by atoms with Gasteiger partial charge in [-0.2, -0.15) is 4.31 Å². The lowest BCUT2D eigenvalue weighted by atomic mass is 10.1. The third-order valence-electron chi connectivity index (χ3n) is 4.83. The van der Waals surface area contributed by atoms with Gasteiger partial charge in [0, 0.05) is 24.5 Å². The van der Waals surface area contributed by atoms with Gasteiger partial charge in [-0.3, -0.25) is 9.59 Å². The Balaban J connectivity index is 1.81. The summed E-state index contributed by atoms with van der Waals surface area (Å²) in [6, 6.07) is 4.78. The van der Waals surface area contributed by atoms with E-state index in [1.807, 2.05) is 0 Å². The summed E-state index contributed by atoms with van der Waals surface area (Å²) in [4.78, 5) is 27.1. The number of fused-ring (bicyclic) bond motifs is 1. The van der Waals surface area contributed by atoms with Crippen molar-refractivity contribution in [2.75, 3.05) is 50.0 Å². The van der Waals surface area contributed by atoms with Crippen molar-refractivity contribution in [1.82, 2.24) is 9.62 Å². The summed E-state index contributed by atoms with van der Waals surface area (Å²) in [6.07, 6.45) is 0.855. The normalized spacial score (nSPS) is 18.0. The molecule has 0 spiro atoms. The highest BCUT2D eigenvalue weighted by molar-refractivity contribution is 8.00. The number of benzene rings is 1. The Hall–Kier alpha value is -1.62. The van der Waals surface area contributed by atoms with Crippen molar-refractivity contribution in [2.45, 2.75) is 30.1 Å². The van der Waals surface area contributed by atoms with E-state index in [0.29, 0.717) is 44.5 Å². The molecule has 0 aromatic heterocycles. The molecular formula is C19H27N3O5S2. The Morgan fingerprint density at radius 3 is 2.69 bits per heavy atom. The molecule has 0 bridgehead atoms. The maximum atomic E-state index is 13.0. The highest BCUT2D eigenvalue weighted by Crippen LogP contribution is 2.37. The molecule has 0 atom stereocenters. The van der Waals surface area contributed by atoms with E-state index in [1.54, 1.807) is 12.1 Å². The van der Waals surface area contributed by atoms with Crippen molar-refractivity contribution in [3.8, 4) is 0 Å². The summed E-state index contributed by atoms with van der Waals surface area (Å²) in [7, 11) is -3.68. The standard InChI is InChI=1S/C19H27N3O5S2/c1-14(2)5-6-20-18(23)12-22-16-11-15(3-4-17(16)28-13-19(22)24)29(25,26)21-7-9-27-10-8-21/h3-4,11,14H,5-10,12-13H2,1-2H3,(H,20,23). The van der Waals surface area contributed by atoms with Crippen molar-refractivity contribution in [1.29, 1.82) is 0 Å². The van der Waals surface area contributed by atoms with Gasteiger partial charge in [-0.1, -0.05) is 13.8 Å². The van der Waals surface area contributed by atoms with Gasteiger partial charge in [-0.15, -0.1) is 11.8 Å². The second-order valence-corrected chi connectivity index (χ2v) is 10.4. The Morgan fingerprint density at radius 1 is 1.28 bits per heavy atom. The van der Waals surface area contributed by atoms with Crippen LogP contribution in [0.4, 0.5) is 5.69 Å². The second-order valence-electron chi connectivity index (χ2n) is 7.45. The molecule has 1 saturated heterocycles. The third kappa shape index (κ3) is 5.30. The second kappa shape index (κ2) is 9.46. The van der Waals surface area contributed by atoms with E-state index in [1.165, 1.54) is 27.0 Å². The van der Waals surface area contributed by atoms with E-state index in [-0.39, 0.29) is 29.0 Å². The van der Waals surface area contributed by atoms with Crippen molar-refractivity contribution in [3.05, 3.63) is 18.2 Å². The summed E-state index contributed by atoms with van der Waals surface area (Å²) in [5, 5.41) is 2.83. The first-order valence-electron chi connectivity index (χ1n) is 9.71. The quantitative estimate of drug-likeness (QED) is 0.685. The van der Waals surface area contributed by atoms with Crippen LogP contribution in [0.5, 0.6) is 0 Å². The van der Waals surface area contributed by atoms with Gasteiger partial charge in [0.25, 0.3) is 0 Å². The molecule has 0 aliphatic carbocycles.